The summed E-state index contributed by atoms with van der Waals surface area (Å²) in [5.41, 5.74) is -0.0633. The van der Waals surface area contributed by atoms with Gasteiger partial charge in [0, 0.05) is 49.8 Å². The third-order valence-corrected chi connectivity index (χ3v) is 7.54. The summed E-state index contributed by atoms with van der Waals surface area (Å²) in [7, 11) is 0. The van der Waals surface area contributed by atoms with Crippen molar-refractivity contribution >= 4 is 22.9 Å². The standard InChI is InChI=1S/C24H26F3N3O2S/c1-2-32-16-23-6-7-29(22(31)9-17-5-8-33-14-17)12-19(23)13-30(15-23)20-4-3-18(11-28)21(10-20)24(25,26)27/h3-5,8,10,14,19H,2,6-7,9,12-13,15-16H2,1H3. The second-order valence-corrected chi connectivity index (χ2v) is 9.59. The zero-order valence-corrected chi connectivity index (χ0v) is 19.2. The quantitative estimate of drug-likeness (QED) is 0.612. The van der Waals surface area contributed by atoms with Crippen LogP contribution >= 0.6 is 11.3 Å². The molecule has 0 aliphatic carbocycles. The van der Waals surface area contributed by atoms with Crippen molar-refractivity contribution in [3.05, 3.63) is 51.7 Å². The molecule has 176 valence electrons. The summed E-state index contributed by atoms with van der Waals surface area (Å²) < 4.78 is 46.3. The minimum absolute atomic E-state index is 0.0783. The van der Waals surface area contributed by atoms with E-state index in [1.54, 1.807) is 23.5 Å². The van der Waals surface area contributed by atoms with Gasteiger partial charge >= 0.3 is 6.18 Å². The number of anilines is 1. The van der Waals surface area contributed by atoms with Gasteiger partial charge in [0.05, 0.1) is 30.2 Å². The number of hydrogen-bond acceptors (Lipinski definition) is 5. The van der Waals surface area contributed by atoms with Gasteiger partial charge in [-0.15, -0.1) is 0 Å². The molecule has 2 atom stereocenters. The molecule has 33 heavy (non-hydrogen) atoms. The first-order valence-corrected chi connectivity index (χ1v) is 11.9. The maximum absolute atomic E-state index is 13.5. The molecular weight excluding hydrogens is 451 g/mol. The Balaban J connectivity index is 1.56. The van der Waals surface area contributed by atoms with Crippen molar-refractivity contribution in [3.63, 3.8) is 0 Å². The van der Waals surface area contributed by atoms with E-state index in [0.717, 1.165) is 18.1 Å². The normalized spacial score (nSPS) is 22.8. The van der Waals surface area contributed by atoms with Crippen LogP contribution in [0, 0.1) is 22.7 Å². The minimum atomic E-state index is -4.60. The Kier molecular flexibility index (Phi) is 6.68. The van der Waals surface area contributed by atoms with Gasteiger partial charge in [0.1, 0.15) is 0 Å². The zero-order chi connectivity index (χ0) is 23.6. The van der Waals surface area contributed by atoms with Crippen molar-refractivity contribution in [2.24, 2.45) is 11.3 Å². The third kappa shape index (κ3) is 4.87. The Morgan fingerprint density at radius 2 is 2.15 bits per heavy atom. The molecular formula is C24H26F3N3O2S. The number of alkyl halides is 3. The van der Waals surface area contributed by atoms with E-state index in [4.69, 9.17) is 10.00 Å². The number of ether oxygens (including phenoxy) is 1. The van der Waals surface area contributed by atoms with Gasteiger partial charge in [-0.1, -0.05) is 0 Å². The van der Waals surface area contributed by atoms with E-state index in [1.165, 1.54) is 6.07 Å². The lowest BCUT2D eigenvalue weighted by Gasteiger charge is -2.43. The Bertz CT molecular complexity index is 1030. The first-order chi connectivity index (χ1) is 15.8. The number of nitriles is 1. The smallest absolute Gasteiger partial charge is 0.381 e. The van der Waals surface area contributed by atoms with Crippen LogP contribution in [0.1, 0.15) is 30.0 Å². The lowest BCUT2D eigenvalue weighted by Crippen LogP contribution is -2.51. The Morgan fingerprint density at radius 1 is 1.33 bits per heavy atom. The molecule has 0 bridgehead atoms. The summed E-state index contributed by atoms with van der Waals surface area (Å²) in [4.78, 5) is 16.7. The number of nitrogens with zero attached hydrogens (tertiary/aromatic N) is 3. The maximum Gasteiger partial charge on any atom is 0.417 e. The molecule has 2 aliphatic rings. The topological polar surface area (TPSA) is 56.6 Å². The fourth-order valence-corrected chi connectivity index (χ4v) is 5.66. The molecule has 2 aliphatic heterocycles. The predicted octanol–water partition coefficient (Wildman–Crippen LogP) is 4.57. The lowest BCUT2D eigenvalue weighted by atomic mass is 9.73. The molecule has 0 N–H and O–H groups in total. The molecule has 0 radical (unpaired) electrons. The number of benzene rings is 1. The maximum atomic E-state index is 13.5. The molecule has 1 aromatic carbocycles. The van der Waals surface area contributed by atoms with Crippen LogP contribution in [0.2, 0.25) is 0 Å². The fraction of sp³-hybridized carbons (Fsp3) is 0.500. The van der Waals surface area contributed by atoms with E-state index in [1.807, 2.05) is 33.6 Å². The highest BCUT2D eigenvalue weighted by Crippen LogP contribution is 2.45. The summed E-state index contributed by atoms with van der Waals surface area (Å²) in [5, 5.41) is 13.0. The van der Waals surface area contributed by atoms with Crippen LogP contribution in [0.15, 0.2) is 35.0 Å². The summed E-state index contributed by atoms with van der Waals surface area (Å²) in [6.07, 6.45) is -3.49. The number of fused-ring (bicyclic) bond motifs is 1. The van der Waals surface area contributed by atoms with E-state index >= 15 is 0 Å². The van der Waals surface area contributed by atoms with Gasteiger partial charge in [-0.2, -0.15) is 29.8 Å². The summed E-state index contributed by atoms with van der Waals surface area (Å²) in [6, 6.07) is 7.49. The molecule has 1 aromatic heterocycles. The van der Waals surface area contributed by atoms with Crippen molar-refractivity contribution in [3.8, 4) is 6.07 Å². The second-order valence-electron chi connectivity index (χ2n) is 8.81. The van der Waals surface area contributed by atoms with Crippen LogP contribution in [-0.2, 0) is 22.1 Å². The van der Waals surface area contributed by atoms with Crippen LogP contribution in [0.3, 0.4) is 0 Å². The van der Waals surface area contributed by atoms with Gasteiger partial charge in [-0.25, -0.2) is 0 Å². The molecule has 9 heteroatoms. The van der Waals surface area contributed by atoms with Crippen molar-refractivity contribution < 1.29 is 22.7 Å². The Labute approximate surface area is 195 Å². The van der Waals surface area contributed by atoms with Gasteiger partial charge in [0.25, 0.3) is 0 Å². The van der Waals surface area contributed by atoms with Gasteiger partial charge in [-0.3, -0.25) is 4.79 Å². The molecule has 2 aromatic rings. The largest absolute Gasteiger partial charge is 0.417 e. The van der Waals surface area contributed by atoms with E-state index in [-0.39, 0.29) is 22.8 Å². The van der Waals surface area contributed by atoms with Gasteiger partial charge in [0.2, 0.25) is 5.91 Å². The van der Waals surface area contributed by atoms with E-state index < -0.39 is 11.7 Å². The average molecular weight is 478 g/mol. The number of carbonyl (C=O) groups excluding carboxylic acids is 1. The summed E-state index contributed by atoms with van der Waals surface area (Å²) in [6.45, 7) is 5.28. The SMILES string of the molecule is CCOCC12CCN(C(=O)Cc3ccsc3)CC1CN(c1ccc(C#N)c(C(F)(F)F)c1)C2. The summed E-state index contributed by atoms with van der Waals surface area (Å²) in [5.74, 6) is 0.170. The molecule has 3 heterocycles. The third-order valence-electron chi connectivity index (χ3n) is 6.81. The van der Waals surface area contributed by atoms with Gasteiger partial charge in [-0.05, 0) is 53.9 Å². The highest BCUT2D eigenvalue weighted by Gasteiger charge is 2.50. The number of piperidine rings is 1. The molecule has 2 saturated heterocycles. The molecule has 4 rings (SSSR count). The van der Waals surface area contributed by atoms with Crippen LogP contribution < -0.4 is 4.90 Å². The van der Waals surface area contributed by atoms with Crippen molar-refractivity contribution in [2.75, 3.05) is 44.3 Å². The Morgan fingerprint density at radius 3 is 2.82 bits per heavy atom. The Hall–Kier alpha value is -2.57. The number of thiophene rings is 1. The predicted molar refractivity (Wildman–Crippen MR) is 120 cm³/mol. The minimum Gasteiger partial charge on any atom is -0.381 e. The first-order valence-electron chi connectivity index (χ1n) is 11.0. The molecule has 2 unspecified atom stereocenters. The van der Waals surface area contributed by atoms with Crippen molar-refractivity contribution in [1.29, 1.82) is 5.26 Å². The molecule has 5 nitrogen and oxygen atoms in total. The van der Waals surface area contributed by atoms with E-state index in [9.17, 15) is 18.0 Å². The van der Waals surface area contributed by atoms with Gasteiger partial charge < -0.3 is 14.5 Å². The number of rotatable bonds is 6. The van der Waals surface area contributed by atoms with Crippen LogP contribution in [0.4, 0.5) is 18.9 Å². The van der Waals surface area contributed by atoms with Crippen LogP contribution in [-0.4, -0.2) is 50.2 Å². The summed E-state index contributed by atoms with van der Waals surface area (Å²) >= 11 is 1.56. The number of amides is 1. The molecule has 1 amide bonds. The number of hydrogen-bond donors (Lipinski definition) is 0. The van der Waals surface area contributed by atoms with Crippen molar-refractivity contribution in [1.82, 2.24) is 4.90 Å². The van der Waals surface area contributed by atoms with Crippen LogP contribution in [0.5, 0.6) is 0 Å². The fourth-order valence-electron chi connectivity index (χ4n) is 4.99. The van der Waals surface area contributed by atoms with Crippen molar-refractivity contribution in [2.45, 2.75) is 25.9 Å². The number of halogens is 3. The van der Waals surface area contributed by atoms with Crippen LogP contribution in [0.25, 0.3) is 0 Å². The molecule has 0 spiro atoms. The molecule has 2 fully saturated rings. The number of carbonyl (C=O) groups is 1. The van der Waals surface area contributed by atoms with E-state index in [0.29, 0.717) is 51.5 Å². The first kappa shape index (κ1) is 23.6. The van der Waals surface area contributed by atoms with E-state index in [2.05, 4.69) is 0 Å². The lowest BCUT2D eigenvalue weighted by molar-refractivity contribution is -0.138. The second kappa shape index (κ2) is 9.35. The average Bonchev–Trinajstić information content (AvgIpc) is 3.44. The monoisotopic (exact) mass is 477 g/mol. The highest BCUT2D eigenvalue weighted by atomic mass is 32.1. The van der Waals surface area contributed by atoms with Gasteiger partial charge in [0.15, 0.2) is 0 Å². The molecule has 0 saturated carbocycles. The number of likely N-dealkylation sites (tertiary alicyclic amines) is 1. The zero-order valence-electron chi connectivity index (χ0n) is 18.4. The highest BCUT2D eigenvalue weighted by molar-refractivity contribution is 7.08.